The Morgan fingerprint density at radius 3 is 1.20 bits per heavy atom. The van der Waals surface area contributed by atoms with E-state index in [4.69, 9.17) is 0 Å². The van der Waals surface area contributed by atoms with Gasteiger partial charge in [0.15, 0.2) is 0 Å². The van der Waals surface area contributed by atoms with Crippen molar-refractivity contribution in [2.75, 3.05) is 0 Å². The maximum Gasteiger partial charge on any atom is 0.316 e. The van der Waals surface area contributed by atoms with Gasteiger partial charge in [-0.25, -0.2) is 0 Å². The smallest absolute Gasteiger partial charge is 0 e. The Morgan fingerprint density at radius 2 is 1.20 bits per heavy atom. The van der Waals surface area contributed by atoms with Crippen molar-refractivity contribution in [3.8, 4) is 0 Å². The van der Waals surface area contributed by atoms with E-state index in [-0.39, 0.29) is 80.3 Å². The molecule has 0 aliphatic heterocycles. The predicted molar refractivity (Wildman–Crippen MR) is 35.6 cm³/mol. The van der Waals surface area contributed by atoms with E-state index in [1.807, 2.05) is 0 Å². The normalized spacial score (nSPS) is 1.60. The summed E-state index contributed by atoms with van der Waals surface area (Å²) in [4.78, 5) is 0. The zero-order valence-corrected chi connectivity index (χ0v) is 7.67. The van der Waals surface area contributed by atoms with Crippen LogP contribution >= 0.6 is 0 Å². The molecule has 0 aromatic carbocycles. The van der Waals surface area contributed by atoms with Gasteiger partial charge in [-0.1, -0.05) is 0 Å². The Balaban J connectivity index is -0.00000000167. The van der Waals surface area contributed by atoms with Gasteiger partial charge in [0.25, 0.3) is 0 Å². The standard InChI is InChI=1S/BH5Si.Ca.Mg.Zn.4H/c1-2;;;;;;;/h1H2,2H3;;;;;;;. The molecular formula is H9BCaMgSiZn. The molecule has 0 nitrogen and oxygen atoms in total. The van der Waals surface area contributed by atoms with Crippen molar-refractivity contribution >= 4 is 78.3 Å². The SMILES string of the molecule is B[SiH3].[CaH2].[MgH2].[Zn]. The summed E-state index contributed by atoms with van der Waals surface area (Å²) < 4.78 is 0. The minimum absolute atomic E-state index is 0. The Labute approximate surface area is 95.9 Å². The fourth-order valence-electron chi connectivity index (χ4n) is 0. The second kappa shape index (κ2) is 28.4. The third-order valence-electron chi connectivity index (χ3n) is 0. The van der Waals surface area contributed by atoms with E-state index in [0.29, 0.717) is 0 Å². The minimum Gasteiger partial charge on any atom is 0 e. The molecule has 0 rings (SSSR count). The van der Waals surface area contributed by atoms with Crippen LogP contribution in [-0.2, 0) is 19.5 Å². The van der Waals surface area contributed by atoms with Gasteiger partial charge in [0.05, 0.1) is 7.44 Å². The van der Waals surface area contributed by atoms with E-state index >= 15 is 0 Å². The van der Waals surface area contributed by atoms with Crippen LogP contribution in [0.3, 0.4) is 0 Å². The van der Waals surface area contributed by atoms with Gasteiger partial charge in [0.1, 0.15) is 0 Å². The molecule has 0 saturated carbocycles. The van der Waals surface area contributed by atoms with Crippen molar-refractivity contribution in [3.63, 3.8) is 0 Å². The first-order chi connectivity index (χ1) is 1.00. The third-order valence-corrected chi connectivity index (χ3v) is 0. The average molecular weight is 178 g/mol. The molecule has 5 heteroatoms. The second-order valence-electron chi connectivity index (χ2n) is 0. The van der Waals surface area contributed by atoms with Crippen LogP contribution in [0.1, 0.15) is 0 Å². The summed E-state index contributed by atoms with van der Waals surface area (Å²) in [6.07, 6.45) is 0. The molecule has 22 valence electrons. The summed E-state index contributed by atoms with van der Waals surface area (Å²) in [7, 11) is 3.44. The van der Waals surface area contributed by atoms with E-state index in [9.17, 15) is 0 Å². The van der Waals surface area contributed by atoms with Crippen molar-refractivity contribution in [2.45, 2.75) is 0 Å². The molecule has 0 aromatic heterocycles. The Kier molecular flexibility index (Phi) is 140. The van der Waals surface area contributed by atoms with Crippen molar-refractivity contribution in [1.29, 1.82) is 0 Å². The molecule has 0 aliphatic carbocycles. The van der Waals surface area contributed by atoms with Crippen molar-refractivity contribution in [3.05, 3.63) is 0 Å². The zero-order chi connectivity index (χ0) is 2.00. The van der Waals surface area contributed by atoms with E-state index < -0.39 is 0 Å². The number of rotatable bonds is 0. The zero-order valence-electron chi connectivity index (χ0n) is 2.71. The van der Waals surface area contributed by atoms with Crippen LogP contribution < -0.4 is 0 Å². The third kappa shape index (κ3) is 19.6. The average Bonchev–Trinajstić information content (AvgIpc) is 1.00. The first kappa shape index (κ1) is 24.7. The summed E-state index contributed by atoms with van der Waals surface area (Å²) in [5.41, 5.74) is 0. The van der Waals surface area contributed by atoms with Gasteiger partial charge < -0.3 is 0 Å². The monoisotopic (exact) mass is 176 g/mol. The molecule has 0 amide bonds. The number of hydrogen-bond acceptors (Lipinski definition) is 0. The van der Waals surface area contributed by atoms with E-state index in [0.717, 1.165) is 0 Å². The quantitative estimate of drug-likeness (QED) is 0.332. The molecular weight excluding hydrogens is 169 g/mol. The largest absolute Gasteiger partial charge is 0.316 e. The molecule has 5 heavy (non-hydrogen) atoms. The molecule has 0 atom stereocenters. The van der Waals surface area contributed by atoms with E-state index in [1.165, 1.54) is 10.1 Å². The Bertz CT molecular complexity index is 11.6. The van der Waals surface area contributed by atoms with Gasteiger partial charge >= 0.3 is 60.8 Å². The maximum absolute atomic E-state index is 2.14. The molecule has 0 fully saturated rings. The van der Waals surface area contributed by atoms with Crippen molar-refractivity contribution in [1.82, 2.24) is 0 Å². The first-order valence-electron chi connectivity index (χ1n) is 1.00. The van der Waals surface area contributed by atoms with Crippen LogP contribution in [0.25, 0.3) is 0 Å². The van der Waals surface area contributed by atoms with Crippen molar-refractivity contribution in [2.24, 2.45) is 0 Å². The summed E-state index contributed by atoms with van der Waals surface area (Å²) >= 11 is 0. The van der Waals surface area contributed by atoms with Gasteiger partial charge in [-0.15, -0.1) is 0 Å². The topological polar surface area (TPSA) is 0 Å². The Morgan fingerprint density at radius 1 is 1.20 bits per heavy atom. The molecule has 0 spiro atoms. The van der Waals surface area contributed by atoms with Crippen molar-refractivity contribution < 1.29 is 19.5 Å². The summed E-state index contributed by atoms with van der Waals surface area (Å²) in [6, 6.07) is 0. The molecule has 0 unspecified atom stereocenters. The fourth-order valence-corrected chi connectivity index (χ4v) is 0. The van der Waals surface area contributed by atoms with Crippen LogP contribution in [0.2, 0.25) is 0 Å². The molecule has 0 aliphatic rings. The van der Waals surface area contributed by atoms with Gasteiger partial charge in [-0.2, -0.15) is 0 Å². The van der Waals surface area contributed by atoms with Gasteiger partial charge in [-0.05, 0) is 10.1 Å². The Hall–Kier alpha value is 2.93. The van der Waals surface area contributed by atoms with Crippen LogP contribution in [0, 0.1) is 0 Å². The van der Waals surface area contributed by atoms with Gasteiger partial charge in [0, 0.05) is 19.5 Å². The first-order valence-corrected chi connectivity index (χ1v) is 3.00. The van der Waals surface area contributed by atoms with Crippen LogP contribution in [0.5, 0.6) is 0 Å². The van der Waals surface area contributed by atoms with E-state index in [1.54, 1.807) is 0 Å². The fraction of sp³-hybridized carbons (Fsp3) is 0. The molecule has 0 heterocycles. The van der Waals surface area contributed by atoms with E-state index in [2.05, 4.69) is 7.44 Å². The summed E-state index contributed by atoms with van der Waals surface area (Å²) in [5.74, 6) is 0. The number of hydrogen-bond donors (Lipinski definition) is 0. The minimum atomic E-state index is 0. The van der Waals surface area contributed by atoms with Crippen LogP contribution in [-0.4, -0.2) is 78.3 Å². The molecule has 0 bridgehead atoms. The van der Waals surface area contributed by atoms with Crippen LogP contribution in [0.4, 0.5) is 0 Å². The maximum atomic E-state index is 2.14. The molecule has 0 radical (unpaired) electrons. The molecule has 0 N–H and O–H groups in total. The summed E-state index contributed by atoms with van der Waals surface area (Å²) in [6.45, 7) is 0. The molecule has 0 saturated heterocycles. The molecule has 0 aromatic rings. The van der Waals surface area contributed by atoms with Gasteiger partial charge in [0.2, 0.25) is 0 Å². The summed E-state index contributed by atoms with van der Waals surface area (Å²) in [5, 5.41) is 0. The second-order valence-corrected chi connectivity index (χ2v) is 0. The van der Waals surface area contributed by atoms with Crippen LogP contribution in [0.15, 0.2) is 0 Å². The van der Waals surface area contributed by atoms with Gasteiger partial charge in [-0.3, -0.25) is 0 Å². The predicted octanol–water partition coefficient (Wildman–Crippen LogP) is -3.94.